The highest BCUT2D eigenvalue weighted by molar-refractivity contribution is 7.29. The zero-order chi connectivity index (χ0) is 8.93. The van der Waals surface area contributed by atoms with Crippen molar-refractivity contribution in [3.05, 3.63) is 35.0 Å². The predicted molar refractivity (Wildman–Crippen MR) is 58.2 cm³/mol. The second-order valence-corrected chi connectivity index (χ2v) is 4.55. The highest BCUT2D eigenvalue weighted by Crippen LogP contribution is 2.30. The molecule has 13 heavy (non-hydrogen) atoms. The molecule has 2 heterocycles. The van der Waals surface area contributed by atoms with Crippen molar-refractivity contribution in [3.8, 4) is 10.1 Å². The minimum Gasteiger partial charge on any atom is -0.430 e. The first-order valence-corrected chi connectivity index (χ1v) is 6.18. The Kier molecular flexibility index (Phi) is 3.19. The monoisotopic (exact) mass is 230 g/mol. The molecule has 0 amide bonds. The molecule has 68 valence electrons. The van der Waals surface area contributed by atoms with Gasteiger partial charge in [-0.1, -0.05) is 0 Å². The van der Waals surface area contributed by atoms with Gasteiger partial charge >= 0.3 is 0 Å². The van der Waals surface area contributed by atoms with Crippen LogP contribution in [-0.2, 0) is 0 Å². The van der Waals surface area contributed by atoms with Crippen molar-refractivity contribution in [3.63, 3.8) is 0 Å². The molecule has 0 aliphatic rings. The van der Waals surface area contributed by atoms with E-state index in [1.807, 2.05) is 35.0 Å². The molecule has 0 aromatic carbocycles. The van der Waals surface area contributed by atoms with E-state index >= 15 is 0 Å². The van der Waals surface area contributed by atoms with Crippen LogP contribution in [0.15, 0.2) is 35.0 Å². The summed E-state index contributed by atoms with van der Waals surface area (Å²) >= 11 is 3.14. The van der Waals surface area contributed by atoms with Crippen LogP contribution >= 0.6 is 31.7 Å². The minimum absolute atomic E-state index is 0.0419. The Morgan fingerprint density at radius 3 is 1.85 bits per heavy atom. The molecule has 0 spiro atoms. The molecule has 5 heteroatoms. The summed E-state index contributed by atoms with van der Waals surface area (Å²) in [5, 5.41) is 5.75. The Morgan fingerprint density at radius 2 is 1.46 bits per heavy atom. The van der Waals surface area contributed by atoms with Gasteiger partial charge in [0.15, 0.2) is 10.1 Å². The van der Waals surface area contributed by atoms with Crippen LogP contribution in [0.5, 0.6) is 10.1 Å². The SMILES string of the molecule is c1csc(OPOc2cccs2)c1. The van der Waals surface area contributed by atoms with Gasteiger partial charge in [0.1, 0.15) is 0 Å². The molecule has 0 saturated heterocycles. The van der Waals surface area contributed by atoms with Gasteiger partial charge in [0.25, 0.3) is 9.03 Å². The van der Waals surface area contributed by atoms with Crippen molar-refractivity contribution in [1.82, 2.24) is 0 Å². The number of thiophene rings is 2. The molecular formula is C8H7O2PS2. The first kappa shape index (κ1) is 9.00. The van der Waals surface area contributed by atoms with Crippen LogP contribution in [0.25, 0.3) is 0 Å². The largest absolute Gasteiger partial charge is 0.430 e. The fraction of sp³-hybridized carbons (Fsp3) is 0. The van der Waals surface area contributed by atoms with E-state index < -0.39 is 0 Å². The van der Waals surface area contributed by atoms with Crippen LogP contribution in [0, 0.1) is 0 Å². The number of rotatable bonds is 4. The Labute approximate surface area is 86.1 Å². The second-order valence-electron chi connectivity index (χ2n) is 2.15. The summed E-state index contributed by atoms with van der Waals surface area (Å²) in [5.41, 5.74) is 0. The highest BCUT2D eigenvalue weighted by Gasteiger charge is 1.96. The lowest BCUT2D eigenvalue weighted by Gasteiger charge is -2.01. The molecule has 2 nitrogen and oxygen atoms in total. The van der Waals surface area contributed by atoms with Gasteiger partial charge in [0.05, 0.1) is 0 Å². The molecule has 0 fully saturated rings. The van der Waals surface area contributed by atoms with Gasteiger partial charge in [0, 0.05) is 0 Å². The quantitative estimate of drug-likeness (QED) is 0.744. The van der Waals surface area contributed by atoms with Crippen molar-refractivity contribution in [2.24, 2.45) is 0 Å². The van der Waals surface area contributed by atoms with Crippen molar-refractivity contribution in [2.75, 3.05) is 0 Å². The molecule has 2 rings (SSSR count). The van der Waals surface area contributed by atoms with Gasteiger partial charge < -0.3 is 9.05 Å². The maximum atomic E-state index is 5.35. The Balaban J connectivity index is 1.76. The van der Waals surface area contributed by atoms with Gasteiger partial charge in [0.2, 0.25) is 0 Å². The zero-order valence-electron chi connectivity index (χ0n) is 6.60. The fourth-order valence-corrected chi connectivity index (χ4v) is 2.57. The number of hydrogen-bond donors (Lipinski definition) is 0. The van der Waals surface area contributed by atoms with Gasteiger partial charge in [-0.25, -0.2) is 0 Å². The van der Waals surface area contributed by atoms with Crippen LogP contribution in [0.3, 0.4) is 0 Å². The van der Waals surface area contributed by atoms with Gasteiger partial charge in [-0.3, -0.25) is 0 Å². The highest BCUT2D eigenvalue weighted by atomic mass is 32.1. The molecular weight excluding hydrogens is 223 g/mol. The molecule has 0 bridgehead atoms. The van der Waals surface area contributed by atoms with E-state index in [1.54, 1.807) is 22.7 Å². The molecule has 2 aromatic rings. The van der Waals surface area contributed by atoms with Crippen LogP contribution in [0.1, 0.15) is 0 Å². The summed E-state index contributed by atoms with van der Waals surface area (Å²) in [4.78, 5) is 0. The van der Waals surface area contributed by atoms with Crippen molar-refractivity contribution < 1.29 is 9.05 Å². The van der Waals surface area contributed by atoms with Crippen LogP contribution in [0.4, 0.5) is 0 Å². The third-order valence-electron chi connectivity index (χ3n) is 1.27. The molecule has 2 aromatic heterocycles. The van der Waals surface area contributed by atoms with Crippen molar-refractivity contribution in [2.45, 2.75) is 0 Å². The van der Waals surface area contributed by atoms with Gasteiger partial charge in [-0.2, -0.15) is 0 Å². The predicted octanol–water partition coefficient (Wildman–Crippen LogP) is 3.78. The van der Waals surface area contributed by atoms with E-state index in [4.69, 9.17) is 9.05 Å². The third-order valence-corrected chi connectivity index (χ3v) is 3.67. The second kappa shape index (κ2) is 4.61. The van der Waals surface area contributed by atoms with E-state index in [1.165, 1.54) is 0 Å². The van der Waals surface area contributed by atoms with Crippen molar-refractivity contribution in [1.29, 1.82) is 0 Å². The summed E-state index contributed by atoms with van der Waals surface area (Å²) in [6, 6.07) is 7.76. The maximum Gasteiger partial charge on any atom is 0.276 e. The first-order chi connectivity index (χ1) is 6.45. The van der Waals surface area contributed by atoms with Crippen LogP contribution < -0.4 is 9.05 Å². The van der Waals surface area contributed by atoms with Crippen LogP contribution in [-0.4, -0.2) is 0 Å². The number of hydrogen-bond acceptors (Lipinski definition) is 4. The van der Waals surface area contributed by atoms with Gasteiger partial charge in [-0.15, -0.1) is 22.7 Å². The lowest BCUT2D eigenvalue weighted by Crippen LogP contribution is -1.79. The summed E-state index contributed by atoms with van der Waals surface area (Å²) in [6.45, 7) is 0. The zero-order valence-corrected chi connectivity index (χ0v) is 9.23. The standard InChI is InChI=1S/C8H7O2PS2/c1-3-7(12-5-1)9-11-10-8-4-2-6-13-8/h1-6,11H. The minimum atomic E-state index is 0.0419. The first-order valence-electron chi connectivity index (χ1n) is 3.61. The topological polar surface area (TPSA) is 18.5 Å². The lowest BCUT2D eigenvalue weighted by molar-refractivity contribution is 0.531. The summed E-state index contributed by atoms with van der Waals surface area (Å²) in [5.74, 6) is 0. The normalized spacial score (nSPS) is 9.85. The molecule has 0 saturated carbocycles. The Bertz CT molecular complexity index is 297. The average Bonchev–Trinajstić information content (AvgIpc) is 2.75. The van der Waals surface area contributed by atoms with Crippen molar-refractivity contribution >= 4 is 31.7 Å². The van der Waals surface area contributed by atoms with E-state index in [0.29, 0.717) is 0 Å². The Hall–Kier alpha value is -0.570. The average molecular weight is 230 g/mol. The maximum absolute atomic E-state index is 5.35. The summed E-state index contributed by atoms with van der Waals surface area (Å²) in [6.07, 6.45) is 0. The van der Waals surface area contributed by atoms with E-state index in [9.17, 15) is 0 Å². The van der Waals surface area contributed by atoms with E-state index in [-0.39, 0.29) is 9.03 Å². The molecule has 0 aliphatic carbocycles. The molecule has 0 atom stereocenters. The fourth-order valence-electron chi connectivity index (χ4n) is 0.746. The third kappa shape index (κ3) is 2.69. The lowest BCUT2D eigenvalue weighted by atomic mass is 10.7. The molecule has 0 radical (unpaired) electrons. The molecule has 0 aliphatic heterocycles. The smallest absolute Gasteiger partial charge is 0.276 e. The van der Waals surface area contributed by atoms with E-state index in [0.717, 1.165) is 10.1 Å². The molecule has 0 unspecified atom stereocenters. The molecule has 0 N–H and O–H groups in total. The Morgan fingerprint density at radius 1 is 0.923 bits per heavy atom. The van der Waals surface area contributed by atoms with Gasteiger partial charge in [-0.05, 0) is 35.0 Å². The summed E-state index contributed by atoms with van der Waals surface area (Å²) in [7, 11) is 0.0419. The van der Waals surface area contributed by atoms with E-state index in [2.05, 4.69) is 0 Å². The van der Waals surface area contributed by atoms with Crippen LogP contribution in [0.2, 0.25) is 0 Å². The summed E-state index contributed by atoms with van der Waals surface area (Å²) < 4.78 is 10.7.